The molecule has 0 unspecified atom stereocenters. The van der Waals surface area contributed by atoms with Gasteiger partial charge in [-0.15, -0.1) is 0 Å². The number of benzene rings is 1. The molecule has 1 N–H and O–H groups in total. The summed E-state index contributed by atoms with van der Waals surface area (Å²) in [6, 6.07) is 4.13. The number of alkyl halides is 3. The van der Waals surface area contributed by atoms with E-state index in [-0.39, 0.29) is 4.47 Å². The molecule has 0 saturated heterocycles. The Morgan fingerprint density at radius 2 is 1.94 bits per heavy atom. The molecule has 0 spiro atoms. The maximum absolute atomic E-state index is 12.6. The van der Waals surface area contributed by atoms with Crippen molar-refractivity contribution < 1.29 is 13.2 Å². The molecule has 0 aliphatic heterocycles. The first-order valence-electron chi connectivity index (χ1n) is 5.06. The Labute approximate surface area is 107 Å². The molecule has 1 aromatic rings. The van der Waals surface area contributed by atoms with Gasteiger partial charge in [-0.05, 0) is 32.3 Å². The first-order valence-corrected chi connectivity index (χ1v) is 5.85. The predicted octanol–water partition coefficient (Wildman–Crippen LogP) is 3.44. The highest BCUT2D eigenvalue weighted by molar-refractivity contribution is 9.10. The van der Waals surface area contributed by atoms with E-state index in [2.05, 4.69) is 21.2 Å². The first-order chi connectivity index (χ1) is 7.80. The third kappa shape index (κ3) is 4.55. The Hall–Kier alpha value is -0.750. The summed E-state index contributed by atoms with van der Waals surface area (Å²) in [5.41, 5.74) is -0.185. The van der Waals surface area contributed by atoms with E-state index >= 15 is 0 Å². The van der Waals surface area contributed by atoms with Gasteiger partial charge in [0.2, 0.25) is 0 Å². The molecule has 0 bridgehead atoms. The van der Waals surface area contributed by atoms with Crippen LogP contribution in [0.4, 0.5) is 18.9 Å². The van der Waals surface area contributed by atoms with Gasteiger partial charge in [-0.1, -0.05) is 15.9 Å². The second-order valence-electron chi connectivity index (χ2n) is 3.92. The van der Waals surface area contributed by atoms with Gasteiger partial charge in [-0.3, -0.25) is 0 Å². The van der Waals surface area contributed by atoms with Crippen LogP contribution in [0.25, 0.3) is 0 Å². The monoisotopic (exact) mass is 310 g/mol. The van der Waals surface area contributed by atoms with E-state index in [1.54, 1.807) is 6.07 Å². The predicted molar refractivity (Wildman–Crippen MR) is 66.2 cm³/mol. The summed E-state index contributed by atoms with van der Waals surface area (Å²) in [5, 5.41) is 2.95. The van der Waals surface area contributed by atoms with E-state index in [0.717, 1.165) is 12.6 Å². The summed E-state index contributed by atoms with van der Waals surface area (Å²) < 4.78 is 37.9. The lowest BCUT2D eigenvalue weighted by molar-refractivity contribution is -0.138. The van der Waals surface area contributed by atoms with Crippen LogP contribution in [0, 0.1) is 0 Å². The van der Waals surface area contributed by atoms with Gasteiger partial charge in [-0.25, -0.2) is 0 Å². The van der Waals surface area contributed by atoms with Gasteiger partial charge >= 0.3 is 6.18 Å². The Morgan fingerprint density at radius 3 is 2.47 bits per heavy atom. The molecule has 0 heterocycles. The van der Waals surface area contributed by atoms with E-state index in [4.69, 9.17) is 0 Å². The van der Waals surface area contributed by atoms with Crippen LogP contribution in [0.3, 0.4) is 0 Å². The molecule has 1 rings (SSSR count). The number of rotatable bonds is 4. The number of hydrogen-bond acceptors (Lipinski definition) is 2. The average molecular weight is 311 g/mol. The van der Waals surface area contributed by atoms with Crippen molar-refractivity contribution >= 4 is 21.6 Å². The average Bonchev–Trinajstić information content (AvgIpc) is 2.18. The van der Waals surface area contributed by atoms with Crippen LogP contribution in [0.1, 0.15) is 5.56 Å². The van der Waals surface area contributed by atoms with Crippen molar-refractivity contribution in [1.29, 1.82) is 0 Å². The summed E-state index contributed by atoms with van der Waals surface area (Å²) in [4.78, 5) is 1.95. The van der Waals surface area contributed by atoms with Crippen molar-refractivity contribution in [2.24, 2.45) is 0 Å². The molecule has 96 valence electrons. The molecule has 0 aromatic heterocycles. The summed E-state index contributed by atoms with van der Waals surface area (Å²) in [5.74, 6) is 0. The standard InChI is InChI=1S/C11H14BrF3N2/c1-17(2)6-5-16-8-3-4-10(12)9(7-8)11(13,14)15/h3-4,7,16H,5-6H2,1-2H3. The zero-order chi connectivity index (χ0) is 13.1. The van der Waals surface area contributed by atoms with E-state index in [1.807, 2.05) is 19.0 Å². The third-order valence-corrected chi connectivity index (χ3v) is 2.85. The molecule has 0 amide bonds. The fourth-order valence-corrected chi connectivity index (χ4v) is 1.75. The van der Waals surface area contributed by atoms with Gasteiger partial charge in [-0.2, -0.15) is 13.2 Å². The highest BCUT2D eigenvalue weighted by Gasteiger charge is 2.33. The van der Waals surface area contributed by atoms with Crippen molar-refractivity contribution in [2.45, 2.75) is 6.18 Å². The molecule has 0 radical (unpaired) electrons. The Balaban J connectivity index is 2.76. The highest BCUT2D eigenvalue weighted by atomic mass is 79.9. The SMILES string of the molecule is CN(C)CCNc1ccc(Br)c(C(F)(F)F)c1. The minimum Gasteiger partial charge on any atom is -0.384 e. The molecular formula is C11H14BrF3N2. The van der Waals surface area contributed by atoms with Crippen molar-refractivity contribution in [1.82, 2.24) is 4.90 Å². The summed E-state index contributed by atoms with van der Waals surface area (Å²) in [6.07, 6.45) is -4.34. The van der Waals surface area contributed by atoms with Crippen molar-refractivity contribution in [3.63, 3.8) is 0 Å². The Kier molecular flexibility index (Phi) is 4.82. The molecular weight excluding hydrogens is 297 g/mol. The largest absolute Gasteiger partial charge is 0.417 e. The van der Waals surface area contributed by atoms with Crippen LogP contribution >= 0.6 is 15.9 Å². The maximum atomic E-state index is 12.6. The lowest BCUT2D eigenvalue weighted by atomic mass is 10.2. The van der Waals surface area contributed by atoms with Gasteiger partial charge in [0.15, 0.2) is 0 Å². The molecule has 0 aliphatic carbocycles. The zero-order valence-electron chi connectivity index (χ0n) is 9.61. The maximum Gasteiger partial charge on any atom is 0.417 e. The number of anilines is 1. The van der Waals surface area contributed by atoms with Crippen LogP contribution in [-0.2, 0) is 6.18 Å². The molecule has 6 heteroatoms. The minimum atomic E-state index is -4.34. The molecule has 0 saturated carbocycles. The molecule has 1 aromatic carbocycles. The lowest BCUT2D eigenvalue weighted by Crippen LogP contribution is -2.21. The first kappa shape index (κ1) is 14.3. The molecule has 0 atom stereocenters. The summed E-state index contributed by atoms with van der Waals surface area (Å²) >= 11 is 2.90. The summed E-state index contributed by atoms with van der Waals surface area (Å²) in [7, 11) is 3.81. The highest BCUT2D eigenvalue weighted by Crippen LogP contribution is 2.36. The van der Waals surface area contributed by atoms with E-state index in [9.17, 15) is 13.2 Å². The third-order valence-electron chi connectivity index (χ3n) is 2.16. The normalized spacial score (nSPS) is 11.9. The van der Waals surface area contributed by atoms with Gasteiger partial charge in [0.05, 0.1) is 5.56 Å². The Morgan fingerprint density at radius 1 is 1.29 bits per heavy atom. The van der Waals surface area contributed by atoms with Gasteiger partial charge < -0.3 is 10.2 Å². The quantitative estimate of drug-likeness (QED) is 0.916. The van der Waals surface area contributed by atoms with E-state index < -0.39 is 11.7 Å². The fraction of sp³-hybridized carbons (Fsp3) is 0.455. The molecule has 0 aliphatic rings. The zero-order valence-corrected chi connectivity index (χ0v) is 11.2. The van der Waals surface area contributed by atoms with E-state index in [0.29, 0.717) is 12.2 Å². The van der Waals surface area contributed by atoms with Crippen LogP contribution in [0.15, 0.2) is 22.7 Å². The topological polar surface area (TPSA) is 15.3 Å². The van der Waals surface area contributed by atoms with Gasteiger partial charge in [0.25, 0.3) is 0 Å². The lowest BCUT2D eigenvalue weighted by Gasteiger charge is -2.14. The minimum absolute atomic E-state index is 0.0585. The summed E-state index contributed by atoms with van der Waals surface area (Å²) in [6.45, 7) is 1.36. The Bertz CT molecular complexity index is 377. The second-order valence-corrected chi connectivity index (χ2v) is 4.78. The van der Waals surface area contributed by atoms with Crippen LogP contribution in [0.2, 0.25) is 0 Å². The number of nitrogens with zero attached hydrogens (tertiary/aromatic N) is 1. The van der Waals surface area contributed by atoms with Crippen LogP contribution in [-0.4, -0.2) is 32.1 Å². The van der Waals surface area contributed by atoms with Gasteiger partial charge in [0.1, 0.15) is 0 Å². The smallest absolute Gasteiger partial charge is 0.384 e. The van der Waals surface area contributed by atoms with Gasteiger partial charge in [0, 0.05) is 23.2 Å². The van der Waals surface area contributed by atoms with Crippen molar-refractivity contribution in [3.05, 3.63) is 28.2 Å². The number of likely N-dealkylation sites (N-methyl/N-ethyl adjacent to an activating group) is 1. The molecule has 2 nitrogen and oxygen atoms in total. The van der Waals surface area contributed by atoms with Crippen LogP contribution < -0.4 is 5.32 Å². The number of halogens is 4. The van der Waals surface area contributed by atoms with Crippen molar-refractivity contribution in [3.8, 4) is 0 Å². The second kappa shape index (κ2) is 5.73. The van der Waals surface area contributed by atoms with Crippen molar-refractivity contribution in [2.75, 3.05) is 32.5 Å². The molecule has 0 fully saturated rings. The van der Waals surface area contributed by atoms with E-state index in [1.165, 1.54) is 6.07 Å². The number of nitrogens with one attached hydrogen (secondary N) is 1. The molecule has 17 heavy (non-hydrogen) atoms. The van der Waals surface area contributed by atoms with Crippen LogP contribution in [0.5, 0.6) is 0 Å². The number of hydrogen-bond donors (Lipinski definition) is 1. The fourth-order valence-electron chi connectivity index (χ4n) is 1.28.